The van der Waals surface area contributed by atoms with E-state index in [9.17, 15) is 0 Å². The van der Waals surface area contributed by atoms with Gasteiger partial charge in [0.25, 0.3) is 0 Å². The van der Waals surface area contributed by atoms with Gasteiger partial charge < -0.3 is 0 Å². The molecule has 0 saturated carbocycles. The molecule has 1 unspecified atom stereocenters. The second-order valence-electron chi connectivity index (χ2n) is 7.34. The van der Waals surface area contributed by atoms with Crippen LogP contribution in [0, 0.1) is 19.8 Å². The Morgan fingerprint density at radius 2 is 0.818 bits per heavy atom. The van der Waals surface area contributed by atoms with Gasteiger partial charge in [0, 0.05) is 0 Å². The lowest BCUT2D eigenvalue weighted by Crippen LogP contribution is -1.91. The number of rotatable bonds is 18. The van der Waals surface area contributed by atoms with E-state index in [0.29, 0.717) is 0 Å². The molecule has 0 aliphatic carbocycles. The SMILES string of the molecule is [CH2]CCCCCCCCCCCCCCCCCC(C)C[CH2]. The zero-order valence-electron chi connectivity index (χ0n) is 15.7. The van der Waals surface area contributed by atoms with Crippen LogP contribution >= 0.6 is 0 Å². The van der Waals surface area contributed by atoms with E-state index >= 15 is 0 Å². The van der Waals surface area contributed by atoms with Crippen LogP contribution in [0.15, 0.2) is 0 Å². The van der Waals surface area contributed by atoms with E-state index in [1.807, 2.05) is 0 Å². The van der Waals surface area contributed by atoms with Crippen molar-refractivity contribution in [3.8, 4) is 0 Å². The summed E-state index contributed by atoms with van der Waals surface area (Å²) in [5.74, 6) is 0.837. The molecule has 1 atom stereocenters. The third kappa shape index (κ3) is 18.1. The molecule has 0 bridgehead atoms. The van der Waals surface area contributed by atoms with Gasteiger partial charge in [-0.1, -0.05) is 136 Å². The third-order valence-corrected chi connectivity index (χ3v) is 4.94. The zero-order valence-corrected chi connectivity index (χ0v) is 15.7. The summed E-state index contributed by atoms with van der Waals surface area (Å²) in [4.78, 5) is 0. The first-order valence-electron chi connectivity index (χ1n) is 10.4. The summed E-state index contributed by atoms with van der Waals surface area (Å²) in [5.41, 5.74) is 0. The van der Waals surface area contributed by atoms with Crippen LogP contribution in [0.2, 0.25) is 0 Å². The van der Waals surface area contributed by atoms with Crippen LogP contribution in [0.25, 0.3) is 0 Å². The van der Waals surface area contributed by atoms with Gasteiger partial charge in [-0.15, -0.1) is 0 Å². The fourth-order valence-electron chi connectivity index (χ4n) is 3.11. The average Bonchev–Trinajstić information content (AvgIpc) is 2.54. The van der Waals surface area contributed by atoms with Crippen molar-refractivity contribution in [1.82, 2.24) is 0 Å². The fraction of sp³-hybridized carbons (Fsp3) is 0.909. The maximum Gasteiger partial charge on any atom is -0.0443 e. The molecule has 0 aromatic heterocycles. The molecule has 0 aliphatic rings. The van der Waals surface area contributed by atoms with Crippen LogP contribution in [0.3, 0.4) is 0 Å². The lowest BCUT2D eigenvalue weighted by molar-refractivity contribution is 0.481. The van der Waals surface area contributed by atoms with Crippen LogP contribution in [0.5, 0.6) is 0 Å². The lowest BCUT2D eigenvalue weighted by Gasteiger charge is -2.07. The molecule has 0 aromatic rings. The first-order chi connectivity index (χ1) is 10.8. The molecular formula is C22H44. The Bertz CT molecular complexity index is 184. The first kappa shape index (κ1) is 22.0. The lowest BCUT2D eigenvalue weighted by atomic mass is 9.99. The summed E-state index contributed by atoms with van der Waals surface area (Å²) < 4.78 is 0. The van der Waals surface area contributed by atoms with E-state index < -0.39 is 0 Å². The first-order valence-corrected chi connectivity index (χ1v) is 10.4. The van der Waals surface area contributed by atoms with Crippen molar-refractivity contribution in [2.75, 3.05) is 0 Å². The van der Waals surface area contributed by atoms with Crippen molar-refractivity contribution < 1.29 is 0 Å². The molecule has 0 aliphatic heterocycles. The Morgan fingerprint density at radius 1 is 0.500 bits per heavy atom. The van der Waals surface area contributed by atoms with Crippen molar-refractivity contribution in [2.45, 2.75) is 122 Å². The smallest absolute Gasteiger partial charge is 0.0443 e. The van der Waals surface area contributed by atoms with Crippen molar-refractivity contribution in [3.63, 3.8) is 0 Å². The van der Waals surface area contributed by atoms with E-state index in [1.54, 1.807) is 0 Å². The molecule has 0 heterocycles. The van der Waals surface area contributed by atoms with Gasteiger partial charge in [0.15, 0.2) is 0 Å². The van der Waals surface area contributed by atoms with E-state index in [1.165, 1.54) is 103 Å². The van der Waals surface area contributed by atoms with Gasteiger partial charge in [-0.05, 0) is 5.92 Å². The molecule has 0 aromatic carbocycles. The van der Waals surface area contributed by atoms with Crippen LogP contribution in [-0.4, -0.2) is 0 Å². The van der Waals surface area contributed by atoms with Crippen molar-refractivity contribution >= 4 is 0 Å². The third-order valence-electron chi connectivity index (χ3n) is 4.94. The predicted molar refractivity (Wildman–Crippen MR) is 103 cm³/mol. The largest absolute Gasteiger partial charge is 0.0625 e. The Labute approximate surface area is 142 Å². The van der Waals surface area contributed by atoms with E-state index in [-0.39, 0.29) is 0 Å². The summed E-state index contributed by atoms with van der Waals surface area (Å²) in [6.07, 6.45) is 25.3. The van der Waals surface area contributed by atoms with Crippen LogP contribution in [0.1, 0.15) is 122 Å². The highest BCUT2D eigenvalue weighted by Crippen LogP contribution is 2.16. The van der Waals surface area contributed by atoms with Gasteiger partial charge in [-0.3, -0.25) is 0 Å². The topological polar surface area (TPSA) is 0 Å². The van der Waals surface area contributed by atoms with Gasteiger partial charge in [-0.25, -0.2) is 0 Å². The molecular weight excluding hydrogens is 264 g/mol. The second-order valence-corrected chi connectivity index (χ2v) is 7.34. The molecule has 0 heteroatoms. The maximum atomic E-state index is 3.98. The standard InChI is InChI=1S/C22H44/c1-4-6-7-8-9-10-11-12-13-14-15-16-17-18-19-20-21-22(3)5-2/h22H,1-2,4-21H2,3H3. The molecule has 0 nitrogen and oxygen atoms in total. The Kier molecular flexibility index (Phi) is 19.0. The average molecular weight is 309 g/mol. The summed E-state index contributed by atoms with van der Waals surface area (Å²) in [5, 5.41) is 0. The Hall–Kier alpha value is 0. The van der Waals surface area contributed by atoms with Crippen LogP contribution in [0.4, 0.5) is 0 Å². The molecule has 132 valence electrons. The molecule has 0 fully saturated rings. The van der Waals surface area contributed by atoms with Crippen molar-refractivity contribution in [1.29, 1.82) is 0 Å². The summed E-state index contributed by atoms with van der Waals surface area (Å²) in [6, 6.07) is 0. The van der Waals surface area contributed by atoms with Gasteiger partial charge >= 0.3 is 0 Å². The van der Waals surface area contributed by atoms with E-state index in [0.717, 1.165) is 18.8 Å². The number of unbranched alkanes of at least 4 members (excludes halogenated alkanes) is 15. The highest BCUT2D eigenvalue weighted by molar-refractivity contribution is 4.55. The van der Waals surface area contributed by atoms with Gasteiger partial charge in [0.2, 0.25) is 0 Å². The Balaban J connectivity index is 2.97. The van der Waals surface area contributed by atoms with Crippen LogP contribution in [-0.2, 0) is 0 Å². The molecule has 22 heavy (non-hydrogen) atoms. The van der Waals surface area contributed by atoms with Crippen LogP contribution < -0.4 is 0 Å². The van der Waals surface area contributed by atoms with Crippen molar-refractivity contribution in [3.05, 3.63) is 13.8 Å². The van der Waals surface area contributed by atoms with E-state index in [4.69, 9.17) is 0 Å². The number of hydrogen-bond donors (Lipinski definition) is 0. The predicted octanol–water partition coefficient (Wildman–Crippen LogP) is 8.31. The quantitative estimate of drug-likeness (QED) is 0.223. The molecule has 0 rings (SSSR count). The highest BCUT2D eigenvalue weighted by Gasteiger charge is 1.98. The highest BCUT2D eigenvalue weighted by atomic mass is 14.0. The second kappa shape index (κ2) is 19.0. The zero-order chi connectivity index (χ0) is 16.3. The molecule has 0 N–H and O–H groups in total. The summed E-state index contributed by atoms with van der Waals surface area (Å²) in [7, 11) is 0. The van der Waals surface area contributed by atoms with Gasteiger partial charge in [0.1, 0.15) is 0 Å². The summed E-state index contributed by atoms with van der Waals surface area (Å²) in [6.45, 7) is 10.2. The summed E-state index contributed by atoms with van der Waals surface area (Å²) >= 11 is 0. The fourth-order valence-corrected chi connectivity index (χ4v) is 3.11. The maximum absolute atomic E-state index is 3.98. The molecule has 2 radical (unpaired) electrons. The normalized spacial score (nSPS) is 12.7. The van der Waals surface area contributed by atoms with E-state index in [2.05, 4.69) is 20.8 Å². The number of hydrogen-bond acceptors (Lipinski definition) is 0. The minimum atomic E-state index is 0.837. The minimum absolute atomic E-state index is 0.837. The van der Waals surface area contributed by atoms with Gasteiger partial charge in [0.05, 0.1) is 0 Å². The monoisotopic (exact) mass is 308 g/mol. The molecule has 0 saturated heterocycles. The molecule has 0 amide bonds. The van der Waals surface area contributed by atoms with Crippen molar-refractivity contribution in [2.24, 2.45) is 5.92 Å². The molecule has 0 spiro atoms. The van der Waals surface area contributed by atoms with Gasteiger partial charge in [-0.2, -0.15) is 0 Å². The Morgan fingerprint density at radius 3 is 1.14 bits per heavy atom. The minimum Gasteiger partial charge on any atom is -0.0625 e.